The zero-order chi connectivity index (χ0) is 11.4. The fourth-order valence-corrected chi connectivity index (χ4v) is 1.38. The van der Waals surface area contributed by atoms with E-state index in [4.69, 9.17) is 17.1 Å². The van der Waals surface area contributed by atoms with Crippen molar-refractivity contribution in [2.24, 2.45) is 0 Å². The van der Waals surface area contributed by atoms with Crippen molar-refractivity contribution < 1.29 is 9.63 Å². The number of benzene rings is 1. The van der Waals surface area contributed by atoms with Gasteiger partial charge >= 0.3 is 5.97 Å². The first-order valence-corrected chi connectivity index (χ1v) is 5.13. The molecule has 0 N–H and O–H groups in total. The Morgan fingerprint density at radius 1 is 1.06 bits per heavy atom. The Balaban J connectivity index is 2.21. The zero-order valence-electron chi connectivity index (χ0n) is 8.37. The predicted octanol–water partition coefficient (Wildman–Crippen LogP) is 2.49. The molecule has 0 aliphatic carbocycles. The van der Waals surface area contributed by atoms with Crippen molar-refractivity contribution in [2.75, 3.05) is 0 Å². The van der Waals surface area contributed by atoms with Crippen LogP contribution in [0, 0.1) is 4.64 Å². The molecule has 0 atom stereocenters. The van der Waals surface area contributed by atoms with Gasteiger partial charge in [-0.05, 0) is 24.3 Å². The van der Waals surface area contributed by atoms with E-state index in [1.165, 1.54) is 4.73 Å². The van der Waals surface area contributed by atoms with Gasteiger partial charge in [0, 0.05) is 6.20 Å². The average molecular weight is 231 g/mol. The van der Waals surface area contributed by atoms with Gasteiger partial charge in [0.1, 0.15) is 4.64 Å². The largest absolute Gasteiger partial charge is 0.363 e. The molecular formula is C12H9NO2S. The summed E-state index contributed by atoms with van der Waals surface area (Å²) in [7, 11) is 0. The van der Waals surface area contributed by atoms with Crippen LogP contribution in [0.4, 0.5) is 0 Å². The van der Waals surface area contributed by atoms with Crippen molar-refractivity contribution in [3.63, 3.8) is 0 Å². The van der Waals surface area contributed by atoms with Crippen LogP contribution in [0.1, 0.15) is 10.4 Å². The highest BCUT2D eigenvalue weighted by Gasteiger charge is 2.06. The molecule has 0 radical (unpaired) electrons. The number of carbonyl (C=O) groups excluding carboxylic acids is 1. The molecule has 0 bridgehead atoms. The Bertz CT molecular complexity index is 548. The first kappa shape index (κ1) is 10.6. The first-order valence-electron chi connectivity index (χ1n) is 4.73. The Morgan fingerprint density at radius 3 is 2.44 bits per heavy atom. The molecule has 0 aliphatic heterocycles. The van der Waals surface area contributed by atoms with Crippen molar-refractivity contribution in [3.8, 4) is 0 Å². The highest BCUT2D eigenvalue weighted by molar-refractivity contribution is 7.71. The van der Waals surface area contributed by atoms with E-state index >= 15 is 0 Å². The minimum atomic E-state index is -0.428. The number of rotatable bonds is 2. The Kier molecular flexibility index (Phi) is 3.12. The molecule has 4 heteroatoms. The van der Waals surface area contributed by atoms with E-state index in [1.54, 1.807) is 48.7 Å². The lowest BCUT2D eigenvalue weighted by Crippen LogP contribution is -2.20. The van der Waals surface area contributed by atoms with Crippen LogP contribution in [0.5, 0.6) is 0 Å². The van der Waals surface area contributed by atoms with Gasteiger partial charge in [-0.3, -0.25) is 0 Å². The van der Waals surface area contributed by atoms with Crippen molar-refractivity contribution in [2.45, 2.75) is 0 Å². The maximum absolute atomic E-state index is 11.7. The number of aromatic nitrogens is 1. The molecule has 0 amide bonds. The summed E-state index contributed by atoms with van der Waals surface area (Å²) in [4.78, 5) is 16.8. The maximum atomic E-state index is 11.7. The molecule has 0 saturated carbocycles. The Morgan fingerprint density at radius 2 is 1.75 bits per heavy atom. The molecule has 1 aromatic carbocycles. The van der Waals surface area contributed by atoms with Gasteiger partial charge in [0.15, 0.2) is 0 Å². The summed E-state index contributed by atoms with van der Waals surface area (Å²) in [6.07, 6.45) is 1.60. The average Bonchev–Trinajstić information content (AvgIpc) is 2.33. The summed E-state index contributed by atoms with van der Waals surface area (Å²) in [6, 6.07) is 14.0. The fraction of sp³-hybridized carbons (Fsp3) is 0. The van der Waals surface area contributed by atoms with E-state index in [0.29, 0.717) is 10.2 Å². The van der Waals surface area contributed by atoms with Crippen molar-refractivity contribution in [1.29, 1.82) is 0 Å². The Labute approximate surface area is 97.9 Å². The molecule has 0 spiro atoms. The molecule has 80 valence electrons. The lowest BCUT2D eigenvalue weighted by atomic mass is 10.2. The summed E-state index contributed by atoms with van der Waals surface area (Å²) in [6.45, 7) is 0. The van der Waals surface area contributed by atoms with Gasteiger partial charge in [0.25, 0.3) is 0 Å². The molecule has 16 heavy (non-hydrogen) atoms. The normalized spacial score (nSPS) is 9.75. The van der Waals surface area contributed by atoms with Crippen LogP contribution in [0.15, 0.2) is 54.7 Å². The monoisotopic (exact) mass is 231 g/mol. The van der Waals surface area contributed by atoms with Crippen LogP contribution in [0.25, 0.3) is 0 Å². The lowest BCUT2D eigenvalue weighted by Gasteiger charge is -2.06. The highest BCUT2D eigenvalue weighted by atomic mass is 32.1. The third kappa shape index (κ3) is 2.35. The van der Waals surface area contributed by atoms with Crippen LogP contribution in [0.3, 0.4) is 0 Å². The van der Waals surface area contributed by atoms with Gasteiger partial charge in [-0.25, -0.2) is 4.79 Å². The summed E-state index contributed by atoms with van der Waals surface area (Å²) in [5.41, 5.74) is 0.494. The second-order valence-electron chi connectivity index (χ2n) is 3.11. The van der Waals surface area contributed by atoms with Crippen molar-refractivity contribution in [1.82, 2.24) is 4.73 Å². The minimum absolute atomic E-state index is 0.428. The van der Waals surface area contributed by atoms with Crippen molar-refractivity contribution in [3.05, 3.63) is 64.9 Å². The van der Waals surface area contributed by atoms with Gasteiger partial charge < -0.3 is 4.84 Å². The van der Waals surface area contributed by atoms with Gasteiger partial charge in [-0.1, -0.05) is 36.5 Å². The quantitative estimate of drug-likeness (QED) is 0.744. The van der Waals surface area contributed by atoms with Crippen molar-refractivity contribution >= 4 is 18.2 Å². The Hall–Kier alpha value is -1.94. The van der Waals surface area contributed by atoms with E-state index in [9.17, 15) is 4.79 Å². The third-order valence-corrected chi connectivity index (χ3v) is 2.30. The molecular weight excluding hydrogens is 222 g/mol. The summed E-state index contributed by atoms with van der Waals surface area (Å²) in [5, 5.41) is 0. The van der Waals surface area contributed by atoms with E-state index < -0.39 is 5.97 Å². The maximum Gasteiger partial charge on any atom is 0.363 e. The van der Waals surface area contributed by atoms with Gasteiger partial charge in [0.05, 0.1) is 5.56 Å². The molecule has 1 heterocycles. The lowest BCUT2D eigenvalue weighted by molar-refractivity contribution is 0.0452. The first-order chi connectivity index (χ1) is 7.77. The van der Waals surface area contributed by atoms with E-state index in [2.05, 4.69) is 0 Å². The second-order valence-corrected chi connectivity index (χ2v) is 3.53. The number of carbonyl (C=O) groups is 1. The highest BCUT2D eigenvalue weighted by Crippen LogP contribution is 2.00. The molecule has 0 unspecified atom stereocenters. The molecule has 0 fully saturated rings. The van der Waals surface area contributed by atoms with E-state index in [-0.39, 0.29) is 0 Å². The summed E-state index contributed by atoms with van der Waals surface area (Å²) >= 11 is 5.01. The number of nitrogens with zero attached hydrogens (tertiary/aromatic N) is 1. The third-order valence-electron chi connectivity index (χ3n) is 1.98. The summed E-state index contributed by atoms with van der Waals surface area (Å²) in [5.74, 6) is -0.428. The topological polar surface area (TPSA) is 31.2 Å². The van der Waals surface area contributed by atoms with E-state index in [0.717, 1.165) is 0 Å². The SMILES string of the molecule is O=C(On1ccccc1=S)c1ccccc1. The fourth-order valence-electron chi connectivity index (χ4n) is 1.20. The zero-order valence-corrected chi connectivity index (χ0v) is 9.18. The molecule has 2 aromatic rings. The van der Waals surface area contributed by atoms with Crippen LogP contribution in [-0.2, 0) is 0 Å². The van der Waals surface area contributed by atoms with Gasteiger partial charge in [-0.2, -0.15) is 4.73 Å². The smallest absolute Gasteiger partial charge is 0.330 e. The minimum Gasteiger partial charge on any atom is -0.330 e. The predicted molar refractivity (Wildman–Crippen MR) is 62.6 cm³/mol. The van der Waals surface area contributed by atoms with E-state index in [1.807, 2.05) is 6.07 Å². The second kappa shape index (κ2) is 4.72. The molecule has 0 aliphatic rings. The van der Waals surface area contributed by atoms with Gasteiger partial charge in [-0.15, -0.1) is 0 Å². The summed E-state index contributed by atoms with van der Waals surface area (Å²) < 4.78 is 1.72. The van der Waals surface area contributed by atoms with Crippen LogP contribution in [-0.4, -0.2) is 10.7 Å². The van der Waals surface area contributed by atoms with Crippen LogP contribution < -0.4 is 4.84 Å². The molecule has 1 aromatic heterocycles. The number of hydrogen-bond acceptors (Lipinski definition) is 3. The van der Waals surface area contributed by atoms with Crippen LogP contribution in [0.2, 0.25) is 0 Å². The number of hydrogen-bond donors (Lipinski definition) is 0. The molecule has 2 rings (SSSR count). The molecule has 3 nitrogen and oxygen atoms in total. The van der Waals surface area contributed by atoms with Crippen LogP contribution >= 0.6 is 12.2 Å². The molecule has 0 saturated heterocycles. The standard InChI is InChI=1S/C12H9NO2S/c14-12(10-6-2-1-3-7-10)15-13-9-5-4-8-11(13)16/h1-9H. The number of pyridine rings is 1. The van der Waals surface area contributed by atoms with Gasteiger partial charge in [0.2, 0.25) is 0 Å².